The molecule has 0 spiro atoms. The van der Waals surface area contributed by atoms with Crippen molar-refractivity contribution in [2.24, 2.45) is 0 Å². The Balaban J connectivity index is 1.85. The van der Waals surface area contributed by atoms with Crippen molar-refractivity contribution < 1.29 is 13.9 Å². The summed E-state index contributed by atoms with van der Waals surface area (Å²) in [5, 5.41) is 2.88. The van der Waals surface area contributed by atoms with Gasteiger partial charge in [-0.1, -0.05) is 24.6 Å². The molecule has 5 heteroatoms. The van der Waals surface area contributed by atoms with Crippen LogP contribution >= 0.6 is 0 Å². The first-order chi connectivity index (χ1) is 11.1. The highest BCUT2D eigenvalue weighted by Gasteiger charge is 2.15. The van der Waals surface area contributed by atoms with Crippen LogP contribution in [0.4, 0.5) is 0 Å². The van der Waals surface area contributed by atoms with Crippen molar-refractivity contribution in [1.82, 2.24) is 10.3 Å². The van der Waals surface area contributed by atoms with Crippen LogP contribution in [0.3, 0.4) is 0 Å². The first-order valence-corrected chi connectivity index (χ1v) is 8.04. The molecule has 1 atom stereocenters. The number of ether oxygens (including phenoxy) is 1. The SMILES string of the molecule is CCOC(CC)C(=O)NCCc1coc(-c2ccc(C)cc2)n1. The Morgan fingerprint density at radius 1 is 1.30 bits per heavy atom. The van der Waals surface area contributed by atoms with E-state index in [9.17, 15) is 4.79 Å². The van der Waals surface area contributed by atoms with E-state index in [2.05, 4.69) is 10.3 Å². The molecule has 1 aromatic carbocycles. The van der Waals surface area contributed by atoms with Crippen LogP contribution in [-0.4, -0.2) is 30.1 Å². The van der Waals surface area contributed by atoms with E-state index < -0.39 is 0 Å². The zero-order valence-electron chi connectivity index (χ0n) is 14.0. The van der Waals surface area contributed by atoms with E-state index in [0.29, 0.717) is 31.9 Å². The third-order valence-electron chi connectivity index (χ3n) is 3.56. The third-order valence-corrected chi connectivity index (χ3v) is 3.56. The number of hydrogen-bond donors (Lipinski definition) is 1. The number of nitrogens with one attached hydrogen (secondary N) is 1. The minimum Gasteiger partial charge on any atom is -0.444 e. The molecule has 0 saturated heterocycles. The largest absolute Gasteiger partial charge is 0.444 e. The van der Waals surface area contributed by atoms with Crippen LogP contribution in [0.1, 0.15) is 31.5 Å². The van der Waals surface area contributed by atoms with E-state index in [1.807, 2.05) is 45.0 Å². The van der Waals surface area contributed by atoms with Crippen molar-refractivity contribution >= 4 is 5.91 Å². The van der Waals surface area contributed by atoms with Gasteiger partial charge < -0.3 is 14.5 Å². The summed E-state index contributed by atoms with van der Waals surface area (Å²) in [5.41, 5.74) is 2.97. The fraction of sp³-hybridized carbons (Fsp3) is 0.444. The van der Waals surface area contributed by atoms with Crippen molar-refractivity contribution in [2.75, 3.05) is 13.2 Å². The fourth-order valence-corrected chi connectivity index (χ4v) is 2.26. The van der Waals surface area contributed by atoms with E-state index in [1.54, 1.807) is 6.26 Å². The van der Waals surface area contributed by atoms with Gasteiger partial charge in [-0.25, -0.2) is 4.98 Å². The van der Waals surface area contributed by atoms with E-state index >= 15 is 0 Å². The van der Waals surface area contributed by atoms with Gasteiger partial charge in [0.15, 0.2) is 0 Å². The number of oxazole rings is 1. The molecule has 2 aromatic rings. The van der Waals surface area contributed by atoms with Crippen LogP contribution in [0.25, 0.3) is 11.5 Å². The minimum atomic E-state index is -0.375. The lowest BCUT2D eigenvalue weighted by Gasteiger charge is -2.14. The van der Waals surface area contributed by atoms with Crippen LogP contribution in [0.2, 0.25) is 0 Å². The molecule has 1 heterocycles. The van der Waals surface area contributed by atoms with Crippen molar-refractivity contribution in [3.63, 3.8) is 0 Å². The summed E-state index contributed by atoms with van der Waals surface area (Å²) in [6.45, 7) is 6.92. The normalized spacial score (nSPS) is 12.1. The Morgan fingerprint density at radius 3 is 2.70 bits per heavy atom. The standard InChI is InChI=1S/C18H24N2O3/c1-4-16(22-5-2)17(21)19-11-10-15-12-23-18(20-15)14-8-6-13(3)7-9-14/h6-9,12,16H,4-5,10-11H2,1-3H3,(H,19,21). The van der Waals surface area contributed by atoms with Gasteiger partial charge in [-0.2, -0.15) is 0 Å². The van der Waals surface area contributed by atoms with E-state index in [4.69, 9.17) is 9.15 Å². The van der Waals surface area contributed by atoms with Gasteiger partial charge in [0, 0.05) is 25.1 Å². The average Bonchev–Trinajstić information content (AvgIpc) is 3.02. The molecular weight excluding hydrogens is 292 g/mol. The molecule has 0 aliphatic carbocycles. The van der Waals surface area contributed by atoms with E-state index in [0.717, 1.165) is 11.3 Å². The van der Waals surface area contributed by atoms with Crippen molar-refractivity contribution in [3.8, 4) is 11.5 Å². The maximum absolute atomic E-state index is 11.9. The molecule has 1 N–H and O–H groups in total. The van der Waals surface area contributed by atoms with Crippen LogP contribution < -0.4 is 5.32 Å². The van der Waals surface area contributed by atoms with Crippen LogP contribution in [0.5, 0.6) is 0 Å². The Kier molecular flexibility index (Phi) is 6.35. The maximum Gasteiger partial charge on any atom is 0.249 e. The zero-order valence-corrected chi connectivity index (χ0v) is 14.0. The topological polar surface area (TPSA) is 64.4 Å². The molecule has 0 aliphatic rings. The number of aromatic nitrogens is 1. The molecule has 2 rings (SSSR count). The highest BCUT2D eigenvalue weighted by atomic mass is 16.5. The molecule has 1 unspecified atom stereocenters. The molecule has 1 amide bonds. The first kappa shape index (κ1) is 17.2. The monoisotopic (exact) mass is 316 g/mol. The quantitative estimate of drug-likeness (QED) is 0.812. The average molecular weight is 316 g/mol. The summed E-state index contributed by atoms with van der Waals surface area (Å²) in [6.07, 6.45) is 2.56. The number of aryl methyl sites for hydroxylation is 1. The second-order valence-electron chi connectivity index (χ2n) is 5.40. The van der Waals surface area contributed by atoms with E-state index in [-0.39, 0.29) is 12.0 Å². The predicted molar refractivity (Wildman–Crippen MR) is 89.1 cm³/mol. The molecule has 124 valence electrons. The van der Waals surface area contributed by atoms with Crippen LogP contribution in [-0.2, 0) is 16.0 Å². The molecule has 0 bridgehead atoms. The van der Waals surface area contributed by atoms with Crippen molar-refractivity contribution in [3.05, 3.63) is 41.8 Å². The summed E-state index contributed by atoms with van der Waals surface area (Å²) < 4.78 is 10.9. The number of nitrogens with zero attached hydrogens (tertiary/aromatic N) is 1. The molecular formula is C18H24N2O3. The van der Waals surface area contributed by atoms with Gasteiger partial charge in [-0.3, -0.25) is 4.79 Å². The smallest absolute Gasteiger partial charge is 0.249 e. The number of benzene rings is 1. The van der Waals surface area contributed by atoms with Gasteiger partial charge in [0.25, 0.3) is 0 Å². The summed E-state index contributed by atoms with van der Waals surface area (Å²) in [5.74, 6) is 0.531. The van der Waals surface area contributed by atoms with Gasteiger partial charge >= 0.3 is 0 Å². The highest BCUT2D eigenvalue weighted by Crippen LogP contribution is 2.19. The molecule has 23 heavy (non-hydrogen) atoms. The summed E-state index contributed by atoms with van der Waals surface area (Å²) in [6, 6.07) is 8.03. The summed E-state index contributed by atoms with van der Waals surface area (Å²) >= 11 is 0. The minimum absolute atomic E-state index is 0.0726. The van der Waals surface area contributed by atoms with Gasteiger partial charge in [0.2, 0.25) is 11.8 Å². The predicted octanol–water partition coefficient (Wildman–Crippen LogP) is 3.12. The molecule has 0 aliphatic heterocycles. The molecule has 1 aromatic heterocycles. The second kappa shape index (κ2) is 8.48. The maximum atomic E-state index is 11.9. The van der Waals surface area contributed by atoms with Crippen LogP contribution in [0.15, 0.2) is 34.9 Å². The molecule has 0 radical (unpaired) electrons. The van der Waals surface area contributed by atoms with Crippen molar-refractivity contribution in [2.45, 2.75) is 39.7 Å². The number of amides is 1. The van der Waals surface area contributed by atoms with Gasteiger partial charge in [-0.05, 0) is 32.4 Å². The molecule has 5 nitrogen and oxygen atoms in total. The molecule has 0 fully saturated rings. The number of rotatable bonds is 8. The zero-order chi connectivity index (χ0) is 16.7. The number of hydrogen-bond acceptors (Lipinski definition) is 4. The lowest BCUT2D eigenvalue weighted by Crippen LogP contribution is -2.37. The summed E-state index contributed by atoms with van der Waals surface area (Å²) in [7, 11) is 0. The highest BCUT2D eigenvalue weighted by molar-refractivity contribution is 5.80. The Morgan fingerprint density at radius 2 is 2.04 bits per heavy atom. The first-order valence-electron chi connectivity index (χ1n) is 8.04. The van der Waals surface area contributed by atoms with Crippen molar-refractivity contribution in [1.29, 1.82) is 0 Å². The Labute approximate surface area is 137 Å². The van der Waals surface area contributed by atoms with Gasteiger partial charge in [0.05, 0.1) is 5.69 Å². The van der Waals surface area contributed by atoms with Gasteiger partial charge in [0.1, 0.15) is 12.4 Å². The lowest BCUT2D eigenvalue weighted by atomic mass is 10.1. The summed E-state index contributed by atoms with van der Waals surface area (Å²) in [4.78, 5) is 16.4. The number of carbonyl (C=O) groups is 1. The Bertz CT molecular complexity index is 619. The lowest BCUT2D eigenvalue weighted by molar-refractivity contribution is -0.132. The fourth-order valence-electron chi connectivity index (χ4n) is 2.26. The Hall–Kier alpha value is -2.14. The molecule has 0 saturated carbocycles. The number of carbonyl (C=O) groups excluding carboxylic acids is 1. The van der Waals surface area contributed by atoms with Crippen LogP contribution in [0, 0.1) is 6.92 Å². The third kappa shape index (κ3) is 4.93. The van der Waals surface area contributed by atoms with E-state index in [1.165, 1.54) is 5.56 Å². The second-order valence-corrected chi connectivity index (χ2v) is 5.40. The van der Waals surface area contributed by atoms with Gasteiger partial charge in [-0.15, -0.1) is 0 Å².